The first kappa shape index (κ1) is 13.5. The number of carboxylic acids is 1. The molecule has 1 unspecified atom stereocenters. The minimum Gasteiger partial charge on any atom is -0.479 e. The van der Waals surface area contributed by atoms with Gasteiger partial charge in [-0.3, -0.25) is 9.69 Å². The Hall–Kier alpha value is -1.88. The lowest BCUT2D eigenvalue weighted by atomic mass is 9.89. The van der Waals surface area contributed by atoms with Crippen LogP contribution in [0.1, 0.15) is 18.4 Å². The molecule has 0 bridgehead atoms. The summed E-state index contributed by atoms with van der Waals surface area (Å²) >= 11 is 0. The Labute approximate surface area is 112 Å². The molecule has 19 heavy (non-hydrogen) atoms. The van der Waals surface area contributed by atoms with Gasteiger partial charge in [0.25, 0.3) is 0 Å². The lowest BCUT2D eigenvalue weighted by Crippen LogP contribution is -2.61. The summed E-state index contributed by atoms with van der Waals surface area (Å²) < 4.78 is 0. The van der Waals surface area contributed by atoms with E-state index in [0.29, 0.717) is 25.9 Å². The Morgan fingerprint density at radius 2 is 2.16 bits per heavy atom. The molecule has 2 N–H and O–H groups in total. The standard InChI is InChI=1S/C14H18N2O3/c17-11-15-14(13(18)19)7-4-8-16(10-14)9-12-5-2-1-3-6-12/h1-3,5-6,11H,4,7-10H2,(H,15,17)(H,18,19). The van der Waals surface area contributed by atoms with Crippen LogP contribution in [0.15, 0.2) is 30.3 Å². The Morgan fingerprint density at radius 3 is 2.79 bits per heavy atom. The van der Waals surface area contributed by atoms with Crippen LogP contribution in [0.4, 0.5) is 0 Å². The number of carboxylic acid groups (broad SMARTS) is 1. The van der Waals surface area contributed by atoms with Crippen LogP contribution in [0.25, 0.3) is 0 Å². The number of carbonyl (C=O) groups excluding carboxylic acids is 1. The fourth-order valence-electron chi connectivity index (χ4n) is 2.59. The van der Waals surface area contributed by atoms with Crippen molar-refractivity contribution in [1.29, 1.82) is 0 Å². The number of nitrogens with zero attached hydrogens (tertiary/aromatic N) is 1. The molecule has 1 atom stereocenters. The minimum atomic E-state index is -1.14. The average molecular weight is 262 g/mol. The van der Waals surface area contributed by atoms with Crippen molar-refractivity contribution in [2.75, 3.05) is 13.1 Å². The summed E-state index contributed by atoms with van der Waals surface area (Å²) in [6.07, 6.45) is 1.73. The molecule has 1 fully saturated rings. The van der Waals surface area contributed by atoms with Crippen molar-refractivity contribution < 1.29 is 14.7 Å². The second kappa shape index (κ2) is 5.84. The number of aliphatic carboxylic acids is 1. The molecule has 5 nitrogen and oxygen atoms in total. The first-order valence-electron chi connectivity index (χ1n) is 6.37. The first-order valence-corrected chi connectivity index (χ1v) is 6.37. The number of rotatable bonds is 5. The molecular formula is C14H18N2O3. The highest BCUT2D eigenvalue weighted by Gasteiger charge is 2.42. The smallest absolute Gasteiger partial charge is 0.330 e. The van der Waals surface area contributed by atoms with Gasteiger partial charge in [0, 0.05) is 13.1 Å². The predicted octanol–water partition coefficient (Wildman–Crippen LogP) is 0.852. The van der Waals surface area contributed by atoms with E-state index in [1.54, 1.807) is 0 Å². The molecule has 0 spiro atoms. The molecule has 1 aliphatic heterocycles. The highest BCUT2D eigenvalue weighted by molar-refractivity contribution is 5.82. The van der Waals surface area contributed by atoms with Gasteiger partial charge in [-0.15, -0.1) is 0 Å². The molecule has 0 saturated carbocycles. The van der Waals surface area contributed by atoms with Crippen molar-refractivity contribution in [3.05, 3.63) is 35.9 Å². The van der Waals surface area contributed by atoms with E-state index in [9.17, 15) is 14.7 Å². The number of hydrogen-bond donors (Lipinski definition) is 2. The van der Waals surface area contributed by atoms with E-state index in [2.05, 4.69) is 10.2 Å². The normalized spacial score (nSPS) is 23.8. The van der Waals surface area contributed by atoms with Crippen LogP contribution in [0, 0.1) is 0 Å². The van der Waals surface area contributed by atoms with E-state index in [1.165, 1.54) is 0 Å². The Kier molecular flexibility index (Phi) is 4.16. The first-order chi connectivity index (χ1) is 9.16. The molecule has 1 saturated heterocycles. The topological polar surface area (TPSA) is 69.6 Å². The van der Waals surface area contributed by atoms with E-state index in [0.717, 1.165) is 18.5 Å². The maximum atomic E-state index is 11.4. The molecule has 2 rings (SSSR count). The zero-order valence-corrected chi connectivity index (χ0v) is 10.7. The van der Waals surface area contributed by atoms with Crippen LogP contribution >= 0.6 is 0 Å². The fourth-order valence-corrected chi connectivity index (χ4v) is 2.59. The number of likely N-dealkylation sites (tertiary alicyclic amines) is 1. The lowest BCUT2D eigenvalue weighted by Gasteiger charge is -2.39. The molecule has 102 valence electrons. The molecule has 0 aliphatic carbocycles. The van der Waals surface area contributed by atoms with E-state index in [-0.39, 0.29) is 0 Å². The van der Waals surface area contributed by atoms with E-state index < -0.39 is 11.5 Å². The van der Waals surface area contributed by atoms with Gasteiger partial charge in [0.1, 0.15) is 0 Å². The van der Waals surface area contributed by atoms with Crippen molar-refractivity contribution >= 4 is 12.4 Å². The Balaban J connectivity index is 2.07. The summed E-state index contributed by atoms with van der Waals surface area (Å²) in [6, 6.07) is 9.92. The van der Waals surface area contributed by atoms with Crippen LogP contribution in [-0.4, -0.2) is 41.0 Å². The maximum absolute atomic E-state index is 11.4. The third kappa shape index (κ3) is 3.12. The second-order valence-electron chi connectivity index (χ2n) is 4.95. The molecular weight excluding hydrogens is 244 g/mol. The van der Waals surface area contributed by atoms with Crippen LogP contribution in [-0.2, 0) is 16.1 Å². The molecule has 1 amide bonds. The monoisotopic (exact) mass is 262 g/mol. The van der Waals surface area contributed by atoms with Gasteiger partial charge in [-0.25, -0.2) is 4.79 Å². The fraction of sp³-hybridized carbons (Fsp3) is 0.429. The number of carbonyl (C=O) groups is 2. The zero-order valence-electron chi connectivity index (χ0n) is 10.7. The van der Waals surface area contributed by atoms with E-state index in [1.807, 2.05) is 30.3 Å². The number of hydrogen-bond acceptors (Lipinski definition) is 3. The third-order valence-corrected chi connectivity index (χ3v) is 3.57. The second-order valence-corrected chi connectivity index (χ2v) is 4.95. The van der Waals surface area contributed by atoms with E-state index in [4.69, 9.17) is 0 Å². The van der Waals surface area contributed by atoms with Crippen molar-refractivity contribution in [3.63, 3.8) is 0 Å². The van der Waals surface area contributed by atoms with Gasteiger partial charge in [-0.2, -0.15) is 0 Å². The van der Waals surface area contributed by atoms with Crippen molar-refractivity contribution in [2.24, 2.45) is 0 Å². The summed E-state index contributed by atoms with van der Waals surface area (Å²) in [4.78, 5) is 24.1. The quantitative estimate of drug-likeness (QED) is 0.772. The molecule has 1 aromatic carbocycles. The number of piperidine rings is 1. The molecule has 5 heteroatoms. The lowest BCUT2D eigenvalue weighted by molar-refractivity contribution is -0.149. The maximum Gasteiger partial charge on any atom is 0.330 e. The Morgan fingerprint density at radius 1 is 1.42 bits per heavy atom. The number of nitrogens with one attached hydrogen (secondary N) is 1. The van der Waals surface area contributed by atoms with Gasteiger partial charge >= 0.3 is 5.97 Å². The van der Waals surface area contributed by atoms with E-state index >= 15 is 0 Å². The third-order valence-electron chi connectivity index (χ3n) is 3.57. The molecule has 1 heterocycles. The van der Waals surface area contributed by atoms with Crippen molar-refractivity contribution in [3.8, 4) is 0 Å². The highest BCUT2D eigenvalue weighted by Crippen LogP contribution is 2.22. The van der Waals surface area contributed by atoms with Crippen molar-refractivity contribution in [1.82, 2.24) is 10.2 Å². The number of benzene rings is 1. The van der Waals surface area contributed by atoms with Gasteiger partial charge in [0.05, 0.1) is 0 Å². The molecule has 1 aliphatic rings. The zero-order chi connectivity index (χ0) is 13.7. The summed E-state index contributed by atoms with van der Waals surface area (Å²) in [5.74, 6) is -0.961. The summed E-state index contributed by atoms with van der Waals surface area (Å²) in [7, 11) is 0. The Bertz CT molecular complexity index is 449. The van der Waals surface area contributed by atoms with Gasteiger partial charge in [0.15, 0.2) is 5.54 Å². The van der Waals surface area contributed by atoms with Crippen LogP contribution in [0.2, 0.25) is 0 Å². The SMILES string of the molecule is O=CNC1(C(=O)O)CCCN(Cc2ccccc2)C1. The highest BCUT2D eigenvalue weighted by atomic mass is 16.4. The summed E-state index contributed by atoms with van der Waals surface area (Å²) in [5, 5.41) is 11.8. The van der Waals surface area contributed by atoms with Gasteiger partial charge in [0.2, 0.25) is 6.41 Å². The average Bonchev–Trinajstić information content (AvgIpc) is 2.40. The molecule has 0 aromatic heterocycles. The summed E-state index contributed by atoms with van der Waals surface area (Å²) in [6.45, 7) is 1.90. The largest absolute Gasteiger partial charge is 0.479 e. The van der Waals surface area contributed by atoms with Gasteiger partial charge in [-0.1, -0.05) is 30.3 Å². The van der Waals surface area contributed by atoms with Crippen LogP contribution in [0.5, 0.6) is 0 Å². The van der Waals surface area contributed by atoms with Gasteiger partial charge < -0.3 is 10.4 Å². The molecule has 1 aromatic rings. The minimum absolute atomic E-state index is 0.343. The van der Waals surface area contributed by atoms with Crippen LogP contribution < -0.4 is 5.32 Å². The predicted molar refractivity (Wildman–Crippen MR) is 70.5 cm³/mol. The number of amides is 1. The van der Waals surface area contributed by atoms with Crippen LogP contribution in [0.3, 0.4) is 0 Å². The van der Waals surface area contributed by atoms with Gasteiger partial charge in [-0.05, 0) is 24.9 Å². The summed E-state index contributed by atoms with van der Waals surface area (Å²) in [5.41, 5.74) is 0.00389. The molecule has 0 radical (unpaired) electrons. The van der Waals surface area contributed by atoms with Crippen molar-refractivity contribution in [2.45, 2.75) is 24.9 Å².